The van der Waals surface area contributed by atoms with E-state index >= 15 is 0 Å². The van der Waals surface area contributed by atoms with Gasteiger partial charge in [0.15, 0.2) is 5.13 Å². The number of amides is 1. The Morgan fingerprint density at radius 3 is 2.05 bits per heavy atom. The van der Waals surface area contributed by atoms with Crippen molar-refractivity contribution in [1.82, 2.24) is 9.29 Å². The van der Waals surface area contributed by atoms with Crippen LogP contribution in [0.1, 0.15) is 35.3 Å². The molecule has 0 saturated carbocycles. The molecule has 0 aliphatic carbocycles. The van der Waals surface area contributed by atoms with Crippen molar-refractivity contribution in [3.63, 3.8) is 0 Å². The number of hydrogen-bond acceptors (Lipinski definition) is 6. The average Bonchev–Trinajstić information content (AvgIpc) is 3.44. The van der Waals surface area contributed by atoms with Crippen molar-refractivity contribution in [3.8, 4) is 5.75 Å². The van der Waals surface area contributed by atoms with Gasteiger partial charge in [0.05, 0.1) is 22.7 Å². The van der Waals surface area contributed by atoms with Crippen LogP contribution in [0.15, 0.2) is 108 Å². The molecule has 1 heterocycles. The third-order valence-electron chi connectivity index (χ3n) is 6.62. The van der Waals surface area contributed by atoms with E-state index < -0.39 is 10.0 Å². The first kappa shape index (κ1) is 28.5. The Balaban J connectivity index is 1.46. The lowest BCUT2D eigenvalue weighted by Crippen LogP contribution is -2.31. The fourth-order valence-electron chi connectivity index (χ4n) is 4.52. The Morgan fingerprint density at radius 1 is 0.805 bits per heavy atom. The molecule has 0 N–H and O–H groups in total. The average molecular weight is 586 g/mol. The van der Waals surface area contributed by atoms with Crippen molar-refractivity contribution >= 4 is 42.6 Å². The third kappa shape index (κ3) is 6.32. The minimum Gasteiger partial charge on any atom is -0.492 e. The zero-order valence-electron chi connectivity index (χ0n) is 22.9. The summed E-state index contributed by atoms with van der Waals surface area (Å²) in [4.78, 5) is 20.5. The number of benzene rings is 4. The number of aromatic nitrogens is 1. The van der Waals surface area contributed by atoms with Gasteiger partial charge in [-0.25, -0.2) is 13.4 Å². The van der Waals surface area contributed by atoms with Crippen molar-refractivity contribution in [3.05, 3.63) is 120 Å². The van der Waals surface area contributed by atoms with Gasteiger partial charge < -0.3 is 4.74 Å². The first-order chi connectivity index (χ1) is 19.9. The zero-order valence-corrected chi connectivity index (χ0v) is 24.6. The highest BCUT2D eigenvalue weighted by Crippen LogP contribution is 2.35. The largest absolute Gasteiger partial charge is 0.492 e. The second-order valence-corrected chi connectivity index (χ2v) is 12.3. The molecule has 9 heteroatoms. The Morgan fingerprint density at radius 2 is 1.44 bits per heavy atom. The number of ether oxygens (including phenoxy) is 1. The van der Waals surface area contributed by atoms with Gasteiger partial charge in [-0.15, -0.1) is 0 Å². The highest BCUT2D eigenvalue weighted by Gasteiger charge is 2.26. The van der Waals surface area contributed by atoms with Crippen LogP contribution in [0.2, 0.25) is 0 Å². The van der Waals surface area contributed by atoms with Gasteiger partial charge in [0.2, 0.25) is 10.0 Å². The molecule has 0 atom stereocenters. The molecule has 0 fully saturated rings. The lowest BCUT2D eigenvalue weighted by Gasteiger charge is -2.22. The van der Waals surface area contributed by atoms with Gasteiger partial charge in [-0.05, 0) is 54.4 Å². The highest BCUT2D eigenvalue weighted by atomic mass is 32.2. The van der Waals surface area contributed by atoms with Gasteiger partial charge in [0.25, 0.3) is 5.91 Å². The Bertz CT molecular complexity index is 1720. The molecule has 1 aromatic heterocycles. The lowest BCUT2D eigenvalue weighted by molar-refractivity contribution is 0.0985. The predicted molar refractivity (Wildman–Crippen MR) is 164 cm³/mol. The molecule has 0 spiro atoms. The number of sulfonamides is 1. The van der Waals surface area contributed by atoms with Gasteiger partial charge in [-0.3, -0.25) is 9.69 Å². The molecule has 0 aliphatic heterocycles. The normalized spacial score (nSPS) is 11.6. The van der Waals surface area contributed by atoms with E-state index in [1.807, 2.05) is 92.7 Å². The van der Waals surface area contributed by atoms with E-state index in [2.05, 4.69) is 0 Å². The van der Waals surface area contributed by atoms with Crippen LogP contribution in [0.4, 0.5) is 5.13 Å². The van der Waals surface area contributed by atoms with Crippen molar-refractivity contribution in [2.24, 2.45) is 0 Å². The molecule has 0 bridgehead atoms. The fraction of sp³-hybridized carbons (Fsp3) is 0.188. The van der Waals surface area contributed by atoms with Gasteiger partial charge in [-0.1, -0.05) is 85.0 Å². The summed E-state index contributed by atoms with van der Waals surface area (Å²) >= 11 is 1.41. The van der Waals surface area contributed by atoms with Crippen LogP contribution in [0.3, 0.4) is 0 Å². The molecule has 0 unspecified atom stereocenters. The van der Waals surface area contributed by atoms with E-state index in [-0.39, 0.29) is 17.3 Å². The molecular weight excluding hydrogens is 555 g/mol. The number of hydrogen-bond donors (Lipinski definition) is 0. The molecule has 210 valence electrons. The number of fused-ring (bicyclic) bond motifs is 1. The molecule has 41 heavy (non-hydrogen) atoms. The number of carbonyl (C=O) groups excluding carboxylic acids is 1. The van der Waals surface area contributed by atoms with Crippen molar-refractivity contribution in [1.29, 1.82) is 0 Å². The zero-order chi connectivity index (χ0) is 28.8. The Labute approximate surface area is 244 Å². The maximum Gasteiger partial charge on any atom is 0.260 e. The van der Waals surface area contributed by atoms with Crippen molar-refractivity contribution in [2.75, 3.05) is 18.1 Å². The number of para-hydroxylation sites is 1. The summed E-state index contributed by atoms with van der Waals surface area (Å²) < 4.78 is 35.0. The van der Waals surface area contributed by atoms with Crippen LogP contribution in [0.5, 0.6) is 5.75 Å². The topological polar surface area (TPSA) is 79.8 Å². The first-order valence-electron chi connectivity index (χ1n) is 13.4. The Kier molecular flexibility index (Phi) is 8.78. The molecule has 0 saturated heterocycles. The number of carbonyl (C=O) groups is 1. The number of anilines is 1. The highest BCUT2D eigenvalue weighted by molar-refractivity contribution is 7.89. The molecule has 1 amide bonds. The summed E-state index contributed by atoms with van der Waals surface area (Å²) in [7, 11) is -3.76. The quantitative estimate of drug-likeness (QED) is 0.171. The van der Waals surface area contributed by atoms with E-state index in [0.29, 0.717) is 41.7 Å². The summed E-state index contributed by atoms with van der Waals surface area (Å²) in [6, 6.07) is 31.1. The van der Waals surface area contributed by atoms with Gasteiger partial charge >= 0.3 is 0 Å². The van der Waals surface area contributed by atoms with E-state index in [4.69, 9.17) is 9.72 Å². The summed E-state index contributed by atoms with van der Waals surface area (Å²) in [5, 5.41) is 0.540. The van der Waals surface area contributed by atoms with Crippen LogP contribution in [-0.2, 0) is 23.1 Å². The van der Waals surface area contributed by atoms with Crippen LogP contribution >= 0.6 is 11.3 Å². The van der Waals surface area contributed by atoms with Crippen molar-refractivity contribution < 1.29 is 17.9 Å². The van der Waals surface area contributed by atoms with Crippen LogP contribution < -0.4 is 9.64 Å². The number of nitrogens with zero attached hydrogens (tertiary/aromatic N) is 3. The smallest absolute Gasteiger partial charge is 0.260 e. The minimum atomic E-state index is -3.76. The van der Waals surface area contributed by atoms with E-state index in [9.17, 15) is 13.2 Å². The van der Waals surface area contributed by atoms with Crippen LogP contribution in [0, 0.1) is 0 Å². The number of rotatable bonds is 11. The van der Waals surface area contributed by atoms with Crippen LogP contribution in [0.25, 0.3) is 10.2 Å². The molecule has 5 aromatic rings. The maximum absolute atomic E-state index is 13.9. The van der Waals surface area contributed by atoms with Gasteiger partial charge in [-0.2, -0.15) is 4.31 Å². The summed E-state index contributed by atoms with van der Waals surface area (Å²) in [5.41, 5.74) is 2.93. The molecule has 4 aromatic carbocycles. The molecule has 0 aliphatic rings. The fourth-order valence-corrected chi connectivity index (χ4v) is 6.94. The lowest BCUT2D eigenvalue weighted by atomic mass is 10.1. The first-order valence-corrected chi connectivity index (χ1v) is 15.7. The summed E-state index contributed by atoms with van der Waals surface area (Å²) in [6.07, 6.45) is 0. The Hall–Kier alpha value is -4.05. The maximum atomic E-state index is 13.9. The predicted octanol–water partition coefficient (Wildman–Crippen LogP) is 6.75. The molecule has 7 nitrogen and oxygen atoms in total. The van der Waals surface area contributed by atoms with Gasteiger partial charge in [0.1, 0.15) is 11.3 Å². The van der Waals surface area contributed by atoms with Crippen molar-refractivity contribution in [2.45, 2.75) is 31.8 Å². The number of thiazole rings is 1. The monoisotopic (exact) mass is 585 g/mol. The molecular formula is C32H31N3O4S2. The van der Waals surface area contributed by atoms with Gasteiger partial charge in [0, 0.05) is 18.7 Å². The van der Waals surface area contributed by atoms with E-state index in [1.54, 1.807) is 17.0 Å². The van der Waals surface area contributed by atoms with Crippen LogP contribution in [-0.4, -0.2) is 36.8 Å². The van der Waals surface area contributed by atoms with E-state index in [0.717, 1.165) is 15.8 Å². The SMILES string of the molecule is CCOc1cccc2sc(N(Cc3ccccc3)C(=O)c3ccc(S(=O)(=O)N(CC)Cc4ccccc4)cc3)nc12. The molecule has 5 rings (SSSR count). The second kappa shape index (κ2) is 12.6. The third-order valence-corrected chi connectivity index (χ3v) is 9.60. The van der Waals surface area contributed by atoms with E-state index in [1.165, 1.54) is 27.8 Å². The summed E-state index contributed by atoms with van der Waals surface area (Å²) in [6.45, 7) is 5.15. The second-order valence-electron chi connectivity index (χ2n) is 9.35. The summed E-state index contributed by atoms with van der Waals surface area (Å²) in [5.74, 6) is 0.400. The minimum absolute atomic E-state index is 0.141. The standard InChI is InChI=1S/C32H31N3O4S2/c1-3-34(22-24-12-7-5-8-13-24)41(37,38)27-20-18-26(19-21-27)31(36)35(23-25-14-9-6-10-15-25)32-33-30-28(39-4-2)16-11-17-29(30)40-32/h5-21H,3-4,22-23H2,1-2H3. The molecule has 0 radical (unpaired) electrons.